The number of hydrogen-bond acceptors (Lipinski definition) is 4. The van der Waals surface area contributed by atoms with Gasteiger partial charge in [0.05, 0.1) is 12.2 Å². The standard InChI is InChI=1S/C25H24N2O3S/c1-2-30-23(29)19-13-15-25(14-12-17-8-6-7-11-20(17)25)16-21(19)26-24(31)27-22(28)18-9-4-3-5-10-18/h3-12,14H,2,13,15-16H2,1H3,(H2,26,27,28,31). The number of thiocarbonyl (C=S) groups is 1. The number of allylic oxidation sites excluding steroid dienone is 2. The molecule has 0 fully saturated rings. The second-order valence-electron chi connectivity index (χ2n) is 7.71. The third-order valence-electron chi connectivity index (χ3n) is 5.81. The van der Waals surface area contributed by atoms with Crippen molar-refractivity contribution in [1.82, 2.24) is 10.6 Å². The summed E-state index contributed by atoms with van der Waals surface area (Å²) in [6.07, 6.45) is 6.30. The van der Waals surface area contributed by atoms with Gasteiger partial charge in [0.15, 0.2) is 5.11 Å². The smallest absolute Gasteiger partial charge is 0.335 e. The Kier molecular flexibility index (Phi) is 6.00. The Morgan fingerprint density at radius 3 is 2.61 bits per heavy atom. The zero-order chi connectivity index (χ0) is 21.8. The number of esters is 1. The van der Waals surface area contributed by atoms with E-state index in [0.29, 0.717) is 36.3 Å². The van der Waals surface area contributed by atoms with Crippen LogP contribution in [0.1, 0.15) is 47.7 Å². The monoisotopic (exact) mass is 432 g/mol. The average molecular weight is 433 g/mol. The molecule has 2 aromatic carbocycles. The summed E-state index contributed by atoms with van der Waals surface area (Å²) < 4.78 is 5.28. The predicted molar refractivity (Wildman–Crippen MR) is 124 cm³/mol. The summed E-state index contributed by atoms with van der Waals surface area (Å²) in [6, 6.07) is 17.2. The second kappa shape index (κ2) is 8.86. The van der Waals surface area contributed by atoms with Crippen molar-refractivity contribution in [3.63, 3.8) is 0 Å². The van der Waals surface area contributed by atoms with Crippen LogP contribution >= 0.6 is 12.2 Å². The minimum absolute atomic E-state index is 0.165. The fourth-order valence-corrected chi connectivity index (χ4v) is 4.53. The molecule has 0 radical (unpaired) electrons. The molecule has 0 aliphatic heterocycles. The number of carbonyl (C=O) groups is 2. The summed E-state index contributed by atoms with van der Waals surface area (Å²) in [4.78, 5) is 25.1. The van der Waals surface area contributed by atoms with E-state index in [0.717, 1.165) is 6.42 Å². The van der Waals surface area contributed by atoms with Crippen molar-refractivity contribution >= 4 is 35.3 Å². The molecule has 0 heterocycles. The summed E-state index contributed by atoms with van der Waals surface area (Å²) in [6.45, 7) is 2.09. The SMILES string of the molecule is CCOC(=O)C1=C(NC(=S)NC(=O)c2ccccc2)CC2(C=Cc3ccccc32)CC1. The van der Waals surface area contributed by atoms with Gasteiger partial charge in [-0.05, 0) is 55.2 Å². The molecule has 0 bridgehead atoms. The van der Waals surface area contributed by atoms with Crippen molar-refractivity contribution in [1.29, 1.82) is 0 Å². The van der Waals surface area contributed by atoms with Crippen molar-refractivity contribution in [3.8, 4) is 0 Å². The Hall–Kier alpha value is -3.25. The second-order valence-corrected chi connectivity index (χ2v) is 8.11. The summed E-state index contributed by atoms with van der Waals surface area (Å²) >= 11 is 5.41. The maximum atomic E-state index is 12.6. The molecule has 0 saturated carbocycles. The Labute approximate surface area is 187 Å². The number of benzene rings is 2. The van der Waals surface area contributed by atoms with E-state index in [2.05, 4.69) is 34.9 Å². The molecule has 6 heteroatoms. The maximum absolute atomic E-state index is 12.6. The molecule has 4 rings (SSSR count). The topological polar surface area (TPSA) is 67.4 Å². The third kappa shape index (κ3) is 4.30. The van der Waals surface area contributed by atoms with Crippen molar-refractivity contribution in [2.45, 2.75) is 31.6 Å². The summed E-state index contributed by atoms with van der Waals surface area (Å²) in [5, 5.41) is 6.01. The number of amides is 1. The largest absolute Gasteiger partial charge is 0.463 e. The predicted octanol–water partition coefficient (Wildman–Crippen LogP) is 4.26. The van der Waals surface area contributed by atoms with E-state index >= 15 is 0 Å². The fourth-order valence-electron chi connectivity index (χ4n) is 4.31. The Balaban J connectivity index is 1.58. The van der Waals surface area contributed by atoms with Crippen LogP contribution < -0.4 is 10.6 Å². The zero-order valence-electron chi connectivity index (χ0n) is 17.3. The first kappa shape index (κ1) is 21.0. The quantitative estimate of drug-likeness (QED) is 0.558. The highest BCUT2D eigenvalue weighted by Crippen LogP contribution is 2.47. The van der Waals surface area contributed by atoms with Crippen LogP contribution in [-0.2, 0) is 14.9 Å². The molecule has 5 nitrogen and oxygen atoms in total. The van der Waals surface area contributed by atoms with Gasteiger partial charge < -0.3 is 10.1 Å². The van der Waals surface area contributed by atoms with Crippen LogP contribution in [0, 0.1) is 0 Å². The first-order valence-corrected chi connectivity index (χ1v) is 10.8. The van der Waals surface area contributed by atoms with Gasteiger partial charge in [-0.2, -0.15) is 0 Å². The van der Waals surface area contributed by atoms with E-state index < -0.39 is 0 Å². The lowest BCUT2D eigenvalue weighted by Crippen LogP contribution is -2.42. The van der Waals surface area contributed by atoms with Crippen LogP contribution in [0.4, 0.5) is 0 Å². The summed E-state index contributed by atoms with van der Waals surface area (Å²) in [5.74, 6) is -0.639. The van der Waals surface area contributed by atoms with E-state index in [-0.39, 0.29) is 22.4 Å². The fraction of sp³-hybridized carbons (Fsp3) is 0.240. The molecule has 158 valence electrons. The molecule has 2 aliphatic carbocycles. The third-order valence-corrected chi connectivity index (χ3v) is 6.01. The van der Waals surface area contributed by atoms with Gasteiger partial charge >= 0.3 is 5.97 Å². The summed E-state index contributed by atoms with van der Waals surface area (Å²) in [5.41, 5.74) is 4.04. The Morgan fingerprint density at radius 1 is 1.10 bits per heavy atom. The molecule has 2 aromatic rings. The first-order chi connectivity index (χ1) is 15.0. The van der Waals surface area contributed by atoms with Gasteiger partial charge in [-0.15, -0.1) is 0 Å². The molecular formula is C25H24N2O3S. The maximum Gasteiger partial charge on any atom is 0.335 e. The number of fused-ring (bicyclic) bond motifs is 2. The van der Waals surface area contributed by atoms with Crippen LogP contribution in [0.2, 0.25) is 0 Å². The highest BCUT2D eigenvalue weighted by molar-refractivity contribution is 7.80. The van der Waals surface area contributed by atoms with E-state index in [9.17, 15) is 9.59 Å². The van der Waals surface area contributed by atoms with Crippen LogP contribution in [0.5, 0.6) is 0 Å². The van der Waals surface area contributed by atoms with Crippen molar-refractivity contribution in [3.05, 3.63) is 88.6 Å². The molecule has 1 amide bonds. The lowest BCUT2D eigenvalue weighted by molar-refractivity contribution is -0.138. The Morgan fingerprint density at radius 2 is 1.84 bits per heavy atom. The van der Waals surface area contributed by atoms with Gasteiger partial charge in [0.2, 0.25) is 0 Å². The average Bonchev–Trinajstić information content (AvgIpc) is 3.12. The van der Waals surface area contributed by atoms with Gasteiger partial charge in [0.1, 0.15) is 0 Å². The highest BCUT2D eigenvalue weighted by atomic mass is 32.1. The van der Waals surface area contributed by atoms with Crippen LogP contribution in [0.15, 0.2) is 71.9 Å². The molecule has 1 spiro atoms. The number of hydrogen-bond donors (Lipinski definition) is 2. The Bertz CT molecular complexity index is 1090. The molecule has 0 saturated heterocycles. The first-order valence-electron chi connectivity index (χ1n) is 10.4. The summed E-state index contributed by atoms with van der Waals surface area (Å²) in [7, 11) is 0. The number of carbonyl (C=O) groups excluding carboxylic acids is 2. The molecule has 31 heavy (non-hydrogen) atoms. The minimum atomic E-state index is -0.340. The number of ether oxygens (including phenoxy) is 1. The van der Waals surface area contributed by atoms with Gasteiger partial charge in [0, 0.05) is 23.1 Å². The number of rotatable bonds is 4. The molecule has 0 aromatic heterocycles. The number of nitrogens with one attached hydrogen (secondary N) is 2. The van der Waals surface area contributed by atoms with Crippen LogP contribution in [0.3, 0.4) is 0 Å². The van der Waals surface area contributed by atoms with Gasteiger partial charge in [-0.3, -0.25) is 10.1 Å². The van der Waals surface area contributed by atoms with Gasteiger partial charge in [-0.25, -0.2) is 4.79 Å². The van der Waals surface area contributed by atoms with Crippen molar-refractivity contribution < 1.29 is 14.3 Å². The molecule has 1 unspecified atom stereocenters. The molecule has 2 N–H and O–H groups in total. The highest BCUT2D eigenvalue weighted by Gasteiger charge is 2.40. The van der Waals surface area contributed by atoms with E-state index in [4.69, 9.17) is 17.0 Å². The van der Waals surface area contributed by atoms with E-state index in [1.807, 2.05) is 18.2 Å². The minimum Gasteiger partial charge on any atom is -0.463 e. The van der Waals surface area contributed by atoms with Crippen LogP contribution in [-0.4, -0.2) is 23.6 Å². The molecule has 2 aliphatic rings. The molecular weight excluding hydrogens is 408 g/mol. The lowest BCUT2D eigenvalue weighted by Gasteiger charge is -2.36. The van der Waals surface area contributed by atoms with Crippen molar-refractivity contribution in [2.75, 3.05) is 6.61 Å². The van der Waals surface area contributed by atoms with Crippen molar-refractivity contribution in [2.24, 2.45) is 0 Å². The van der Waals surface area contributed by atoms with Gasteiger partial charge in [-0.1, -0.05) is 54.6 Å². The van der Waals surface area contributed by atoms with E-state index in [1.165, 1.54) is 11.1 Å². The molecule has 1 atom stereocenters. The van der Waals surface area contributed by atoms with Gasteiger partial charge in [0.25, 0.3) is 5.91 Å². The zero-order valence-corrected chi connectivity index (χ0v) is 18.1. The lowest BCUT2D eigenvalue weighted by atomic mass is 9.70. The normalized spacial score (nSPS) is 19.1. The van der Waals surface area contributed by atoms with E-state index in [1.54, 1.807) is 31.2 Å². The van der Waals surface area contributed by atoms with Crippen LogP contribution in [0.25, 0.3) is 6.08 Å².